The van der Waals surface area contributed by atoms with Crippen LogP contribution in [0, 0.1) is 0 Å². The van der Waals surface area contributed by atoms with Crippen molar-refractivity contribution in [1.82, 2.24) is 29.7 Å². The van der Waals surface area contributed by atoms with Crippen molar-refractivity contribution >= 4 is 20.9 Å². The molecule has 4 aromatic heterocycles. The van der Waals surface area contributed by atoms with Crippen LogP contribution in [0.1, 0.15) is 12.6 Å². The van der Waals surface area contributed by atoms with Gasteiger partial charge < -0.3 is 8.98 Å². The molecule has 1 aromatic carbocycles. The van der Waals surface area contributed by atoms with Gasteiger partial charge in [-0.3, -0.25) is 4.98 Å². The maximum atomic E-state index is 13.1. The standard InChI is InChI=1S/C23H17F3N6O3S/c1-3-36(33,34)18-8-15(13-5-4-6-14(7-13)22-31-29-12-35-22)10-28-20(18)21-30-16-9-19(23(24,25)26)27-11-17(16)32(21)2/h4-12H,3H2,1-2H3. The summed E-state index contributed by atoms with van der Waals surface area (Å²) >= 11 is 0. The highest BCUT2D eigenvalue weighted by Crippen LogP contribution is 2.34. The molecule has 0 N–H and O–H groups in total. The van der Waals surface area contributed by atoms with E-state index in [1.54, 1.807) is 31.3 Å². The Morgan fingerprint density at radius 3 is 2.50 bits per heavy atom. The molecule has 0 atom stereocenters. The van der Waals surface area contributed by atoms with Gasteiger partial charge in [0.15, 0.2) is 15.7 Å². The molecule has 0 fully saturated rings. The Morgan fingerprint density at radius 2 is 1.81 bits per heavy atom. The van der Waals surface area contributed by atoms with Crippen LogP contribution in [0.5, 0.6) is 0 Å². The molecule has 0 amide bonds. The van der Waals surface area contributed by atoms with E-state index < -0.39 is 21.7 Å². The number of aromatic nitrogens is 6. The molecule has 184 valence electrons. The summed E-state index contributed by atoms with van der Waals surface area (Å²) in [7, 11) is -2.24. The molecule has 0 aliphatic rings. The van der Waals surface area contributed by atoms with Crippen LogP contribution in [0.3, 0.4) is 0 Å². The zero-order valence-electron chi connectivity index (χ0n) is 18.9. The molecule has 0 radical (unpaired) electrons. The van der Waals surface area contributed by atoms with Crippen LogP contribution in [0.2, 0.25) is 0 Å². The van der Waals surface area contributed by atoms with E-state index in [1.807, 2.05) is 0 Å². The summed E-state index contributed by atoms with van der Waals surface area (Å²) in [6, 6.07) is 9.36. The van der Waals surface area contributed by atoms with Crippen molar-refractivity contribution in [3.63, 3.8) is 0 Å². The molecular weight excluding hydrogens is 497 g/mol. The molecule has 0 aliphatic heterocycles. The molecule has 0 unspecified atom stereocenters. The van der Waals surface area contributed by atoms with Gasteiger partial charge in [-0.15, -0.1) is 10.2 Å². The number of aryl methyl sites for hydroxylation is 1. The summed E-state index contributed by atoms with van der Waals surface area (Å²) in [6.45, 7) is 1.50. The van der Waals surface area contributed by atoms with Crippen molar-refractivity contribution in [2.75, 3.05) is 5.75 Å². The maximum absolute atomic E-state index is 13.1. The molecule has 0 bridgehead atoms. The quantitative estimate of drug-likeness (QED) is 0.335. The third kappa shape index (κ3) is 4.11. The molecule has 13 heteroatoms. The van der Waals surface area contributed by atoms with Gasteiger partial charge in [-0.2, -0.15) is 13.2 Å². The normalized spacial score (nSPS) is 12.4. The number of sulfone groups is 1. The summed E-state index contributed by atoms with van der Waals surface area (Å²) in [5.41, 5.74) is 1.06. The highest BCUT2D eigenvalue weighted by Gasteiger charge is 2.33. The van der Waals surface area contributed by atoms with Crippen LogP contribution in [0.4, 0.5) is 13.2 Å². The van der Waals surface area contributed by atoms with Gasteiger partial charge in [0.1, 0.15) is 11.4 Å². The molecule has 5 aromatic rings. The lowest BCUT2D eigenvalue weighted by Gasteiger charge is -2.11. The van der Waals surface area contributed by atoms with Crippen LogP contribution in [-0.2, 0) is 23.1 Å². The third-order valence-electron chi connectivity index (χ3n) is 5.64. The van der Waals surface area contributed by atoms with Crippen LogP contribution >= 0.6 is 0 Å². The Balaban J connectivity index is 1.68. The summed E-state index contributed by atoms with van der Waals surface area (Å²) < 4.78 is 72.2. The van der Waals surface area contributed by atoms with Crippen molar-refractivity contribution in [1.29, 1.82) is 0 Å². The Morgan fingerprint density at radius 1 is 1.03 bits per heavy atom. The van der Waals surface area contributed by atoms with Crippen molar-refractivity contribution in [3.05, 3.63) is 60.9 Å². The van der Waals surface area contributed by atoms with E-state index in [4.69, 9.17) is 4.42 Å². The zero-order valence-corrected chi connectivity index (χ0v) is 19.7. The number of hydrogen-bond acceptors (Lipinski definition) is 8. The van der Waals surface area contributed by atoms with Gasteiger partial charge >= 0.3 is 6.18 Å². The molecule has 0 spiro atoms. The van der Waals surface area contributed by atoms with Crippen molar-refractivity contribution in [2.24, 2.45) is 7.05 Å². The van der Waals surface area contributed by atoms with E-state index in [-0.39, 0.29) is 27.7 Å². The molecule has 5 rings (SSSR count). The first-order valence-corrected chi connectivity index (χ1v) is 12.2. The van der Waals surface area contributed by atoms with Crippen LogP contribution in [0.15, 0.2) is 64.5 Å². The number of imidazole rings is 1. The minimum absolute atomic E-state index is 0.0211. The number of benzene rings is 1. The van der Waals surface area contributed by atoms with Crippen LogP contribution in [-0.4, -0.2) is 43.9 Å². The van der Waals surface area contributed by atoms with Crippen LogP contribution in [0.25, 0.3) is 45.1 Å². The van der Waals surface area contributed by atoms with E-state index in [9.17, 15) is 21.6 Å². The SMILES string of the molecule is CCS(=O)(=O)c1cc(-c2cccc(-c3nnco3)c2)cnc1-c1nc2cc(C(F)(F)F)ncc2n1C. The number of alkyl halides is 3. The number of nitrogens with zero attached hydrogens (tertiary/aromatic N) is 6. The topological polar surface area (TPSA) is 117 Å². The number of rotatable bonds is 5. The summed E-state index contributed by atoms with van der Waals surface area (Å²) in [5, 5.41) is 7.55. The van der Waals surface area contributed by atoms with Gasteiger partial charge in [-0.05, 0) is 29.8 Å². The van der Waals surface area contributed by atoms with Crippen molar-refractivity contribution < 1.29 is 26.0 Å². The Bertz CT molecular complexity index is 1700. The largest absolute Gasteiger partial charge is 0.433 e. The predicted octanol–water partition coefficient (Wildman–Crippen LogP) is 4.56. The molecular formula is C23H17F3N6O3S. The second-order valence-corrected chi connectivity index (χ2v) is 10.1. The van der Waals surface area contributed by atoms with E-state index >= 15 is 0 Å². The first-order valence-electron chi connectivity index (χ1n) is 10.6. The second kappa shape index (κ2) is 8.52. The fourth-order valence-corrected chi connectivity index (χ4v) is 4.81. The zero-order chi connectivity index (χ0) is 25.7. The lowest BCUT2D eigenvalue weighted by atomic mass is 10.0. The average Bonchev–Trinajstić information content (AvgIpc) is 3.52. The third-order valence-corrected chi connectivity index (χ3v) is 7.38. The maximum Gasteiger partial charge on any atom is 0.433 e. The highest BCUT2D eigenvalue weighted by atomic mass is 32.2. The van der Waals surface area contributed by atoms with E-state index in [0.717, 1.165) is 12.3 Å². The summed E-state index contributed by atoms with van der Waals surface area (Å²) in [6.07, 6.45) is -0.901. The summed E-state index contributed by atoms with van der Waals surface area (Å²) in [5.74, 6) is 0.190. The van der Waals surface area contributed by atoms with Gasteiger partial charge in [-0.25, -0.2) is 18.4 Å². The highest BCUT2D eigenvalue weighted by molar-refractivity contribution is 7.91. The number of fused-ring (bicyclic) bond motifs is 1. The lowest BCUT2D eigenvalue weighted by Crippen LogP contribution is -2.09. The lowest BCUT2D eigenvalue weighted by molar-refractivity contribution is -0.141. The van der Waals surface area contributed by atoms with Gasteiger partial charge in [-0.1, -0.05) is 19.1 Å². The van der Waals surface area contributed by atoms with Crippen molar-refractivity contribution in [3.8, 4) is 34.1 Å². The van der Waals surface area contributed by atoms with Gasteiger partial charge in [0.25, 0.3) is 0 Å². The first-order chi connectivity index (χ1) is 17.1. The molecule has 36 heavy (non-hydrogen) atoms. The Kier molecular flexibility index (Phi) is 5.58. The van der Waals surface area contributed by atoms with E-state index in [2.05, 4.69) is 25.1 Å². The fraction of sp³-hybridized carbons (Fsp3) is 0.174. The minimum atomic E-state index is -4.64. The molecule has 0 saturated heterocycles. The average molecular weight is 514 g/mol. The minimum Gasteiger partial charge on any atom is -0.423 e. The predicted molar refractivity (Wildman–Crippen MR) is 123 cm³/mol. The van der Waals surface area contributed by atoms with Gasteiger partial charge in [0.05, 0.1) is 27.9 Å². The Hall–Kier alpha value is -4.13. The van der Waals surface area contributed by atoms with Crippen molar-refractivity contribution in [2.45, 2.75) is 18.0 Å². The number of halogens is 3. The molecule has 0 aliphatic carbocycles. The molecule has 9 nitrogen and oxygen atoms in total. The fourth-order valence-electron chi connectivity index (χ4n) is 3.75. The van der Waals surface area contributed by atoms with Crippen LogP contribution < -0.4 is 0 Å². The monoisotopic (exact) mass is 514 g/mol. The summed E-state index contributed by atoms with van der Waals surface area (Å²) in [4.78, 5) is 12.1. The first kappa shape index (κ1) is 23.6. The van der Waals surface area contributed by atoms with E-state index in [0.29, 0.717) is 28.1 Å². The number of hydrogen-bond donors (Lipinski definition) is 0. The molecule has 0 saturated carbocycles. The Labute approximate surface area is 202 Å². The van der Waals surface area contributed by atoms with E-state index in [1.165, 1.54) is 30.1 Å². The molecule has 4 heterocycles. The number of pyridine rings is 2. The van der Waals surface area contributed by atoms with Gasteiger partial charge in [0.2, 0.25) is 12.3 Å². The second-order valence-electron chi connectivity index (χ2n) is 7.85. The van der Waals surface area contributed by atoms with Gasteiger partial charge in [0, 0.05) is 24.4 Å². The smallest absolute Gasteiger partial charge is 0.423 e.